The fourth-order valence-electron chi connectivity index (χ4n) is 1.87. The topological polar surface area (TPSA) is 73.6 Å². The molecule has 0 saturated heterocycles. The number of hydrogen-bond donors (Lipinski definition) is 0. The van der Waals surface area contributed by atoms with E-state index in [0.717, 1.165) is 0 Å². The molecular weight excluding hydrogens is 313 g/mol. The Kier molecular flexibility index (Phi) is 3.48. The summed E-state index contributed by atoms with van der Waals surface area (Å²) in [5.74, 6) is -0.712. The number of hydrogen-bond acceptors (Lipinski definition) is 5. The molecule has 9 heteroatoms. The molecule has 0 fully saturated rings. The molecule has 21 heavy (non-hydrogen) atoms. The number of benzene rings is 1. The van der Waals surface area contributed by atoms with E-state index in [2.05, 4.69) is 4.18 Å². The summed E-state index contributed by atoms with van der Waals surface area (Å²) in [6, 6.07) is 3.56. The highest BCUT2D eigenvalue weighted by Crippen LogP contribution is 2.32. The number of fused-ring (bicyclic) bond motifs is 1. The van der Waals surface area contributed by atoms with Crippen molar-refractivity contribution in [2.24, 2.45) is 0 Å². The number of halogens is 3. The molecule has 0 radical (unpaired) electrons. The van der Waals surface area contributed by atoms with E-state index < -0.39 is 27.0 Å². The largest absolute Gasteiger partial charge is 0.534 e. The van der Waals surface area contributed by atoms with Crippen LogP contribution in [0.2, 0.25) is 0 Å². The van der Waals surface area contributed by atoms with Crippen molar-refractivity contribution in [1.82, 2.24) is 0 Å². The second-order valence-corrected chi connectivity index (χ2v) is 5.91. The monoisotopic (exact) mass is 322 g/mol. The van der Waals surface area contributed by atoms with Gasteiger partial charge in [0.2, 0.25) is 0 Å². The van der Waals surface area contributed by atoms with Crippen LogP contribution >= 0.6 is 0 Å². The van der Waals surface area contributed by atoms with E-state index >= 15 is 0 Å². The average molecular weight is 322 g/mol. The summed E-state index contributed by atoms with van der Waals surface area (Å²) >= 11 is 0. The van der Waals surface area contributed by atoms with Gasteiger partial charge in [0, 0.05) is 0 Å². The van der Waals surface area contributed by atoms with Crippen LogP contribution in [-0.4, -0.2) is 13.9 Å². The van der Waals surface area contributed by atoms with Gasteiger partial charge in [0.1, 0.15) is 5.58 Å². The second-order valence-electron chi connectivity index (χ2n) is 4.37. The Bertz CT molecular complexity index is 865. The van der Waals surface area contributed by atoms with Crippen LogP contribution in [0.5, 0.6) is 5.75 Å². The number of alkyl halides is 3. The summed E-state index contributed by atoms with van der Waals surface area (Å²) in [5.41, 5.74) is -5.54. The summed E-state index contributed by atoms with van der Waals surface area (Å²) < 4.78 is 68.2. The van der Waals surface area contributed by atoms with E-state index in [1.165, 1.54) is 13.0 Å². The molecule has 1 aromatic carbocycles. The van der Waals surface area contributed by atoms with Gasteiger partial charge in [-0.3, -0.25) is 0 Å². The molecule has 2 rings (SSSR count). The molecule has 114 valence electrons. The van der Waals surface area contributed by atoms with Crippen molar-refractivity contribution in [1.29, 1.82) is 0 Å². The van der Waals surface area contributed by atoms with Crippen molar-refractivity contribution in [3.8, 4) is 5.75 Å². The summed E-state index contributed by atoms with van der Waals surface area (Å²) in [6.45, 7) is 3.22. The Labute approximate surface area is 117 Å². The van der Waals surface area contributed by atoms with Gasteiger partial charge < -0.3 is 8.60 Å². The first kappa shape index (κ1) is 15.4. The van der Waals surface area contributed by atoms with Gasteiger partial charge in [0.15, 0.2) is 5.75 Å². The van der Waals surface area contributed by atoms with E-state index in [1.54, 1.807) is 13.0 Å². The molecule has 0 aliphatic carbocycles. The highest BCUT2D eigenvalue weighted by Gasteiger charge is 2.48. The molecule has 0 N–H and O–H groups in total. The number of rotatable bonds is 2. The first-order chi connectivity index (χ1) is 9.51. The Morgan fingerprint density at radius 3 is 2.33 bits per heavy atom. The molecule has 0 aliphatic heterocycles. The van der Waals surface area contributed by atoms with Crippen molar-refractivity contribution in [2.75, 3.05) is 0 Å². The van der Waals surface area contributed by atoms with Crippen LogP contribution < -0.4 is 9.81 Å². The summed E-state index contributed by atoms with van der Waals surface area (Å²) in [7, 11) is -5.87. The minimum absolute atomic E-state index is 0.00646. The molecule has 0 atom stereocenters. The third kappa shape index (κ3) is 2.87. The van der Waals surface area contributed by atoms with Gasteiger partial charge >= 0.3 is 21.3 Å². The molecule has 0 spiro atoms. The van der Waals surface area contributed by atoms with Gasteiger partial charge in [-0.1, -0.05) is 6.07 Å². The lowest BCUT2D eigenvalue weighted by Gasteiger charge is -2.12. The van der Waals surface area contributed by atoms with Gasteiger partial charge in [-0.2, -0.15) is 21.6 Å². The average Bonchev–Trinajstić information content (AvgIpc) is 2.24. The first-order valence-corrected chi connectivity index (χ1v) is 6.98. The highest BCUT2D eigenvalue weighted by atomic mass is 32.2. The molecular formula is C12H9F3O5S. The van der Waals surface area contributed by atoms with Crippen LogP contribution in [0.25, 0.3) is 11.0 Å². The lowest BCUT2D eigenvalue weighted by atomic mass is 10.1. The van der Waals surface area contributed by atoms with Gasteiger partial charge in [-0.15, -0.1) is 0 Å². The first-order valence-electron chi connectivity index (χ1n) is 5.57. The van der Waals surface area contributed by atoms with Crippen LogP contribution in [-0.2, 0) is 10.1 Å². The molecule has 0 aliphatic rings. The normalized spacial score (nSPS) is 12.6. The van der Waals surface area contributed by atoms with E-state index in [1.807, 2.05) is 0 Å². The molecule has 0 unspecified atom stereocenters. The van der Waals surface area contributed by atoms with Crippen molar-refractivity contribution < 1.29 is 30.2 Å². The lowest BCUT2D eigenvalue weighted by molar-refractivity contribution is -0.0499. The summed E-state index contributed by atoms with van der Waals surface area (Å²) in [5, 5.41) is -0.00646. The van der Waals surface area contributed by atoms with Crippen molar-refractivity contribution in [3.63, 3.8) is 0 Å². The molecule has 0 amide bonds. The van der Waals surface area contributed by atoms with Crippen LogP contribution in [0, 0.1) is 13.8 Å². The third-order valence-corrected chi connectivity index (χ3v) is 3.60. The Balaban J connectivity index is 2.73. The predicted octanol–water partition coefficient (Wildman–Crippen LogP) is 2.64. The van der Waals surface area contributed by atoms with Crippen LogP contribution in [0.4, 0.5) is 13.2 Å². The van der Waals surface area contributed by atoms with Crippen LogP contribution in [0.15, 0.2) is 27.4 Å². The maximum atomic E-state index is 12.4. The van der Waals surface area contributed by atoms with E-state index in [-0.39, 0.29) is 11.0 Å². The minimum atomic E-state index is -5.87. The zero-order valence-electron chi connectivity index (χ0n) is 10.8. The van der Waals surface area contributed by atoms with Crippen LogP contribution in [0.3, 0.4) is 0 Å². The quantitative estimate of drug-likeness (QED) is 0.483. The zero-order valence-corrected chi connectivity index (χ0v) is 11.6. The SMILES string of the molecule is Cc1cc(C)c2c(OS(=O)(=O)C(F)(F)F)cc(=O)oc2c1. The van der Waals surface area contributed by atoms with Gasteiger partial charge in [-0.25, -0.2) is 4.79 Å². The molecule has 0 bridgehead atoms. The molecule has 5 nitrogen and oxygen atoms in total. The highest BCUT2D eigenvalue weighted by molar-refractivity contribution is 7.88. The smallest absolute Gasteiger partial charge is 0.422 e. The van der Waals surface area contributed by atoms with Gasteiger partial charge in [0.25, 0.3) is 0 Å². The van der Waals surface area contributed by atoms with Gasteiger partial charge in [0.05, 0.1) is 11.5 Å². The molecule has 1 aromatic heterocycles. The fraction of sp³-hybridized carbons (Fsp3) is 0.250. The Morgan fingerprint density at radius 2 is 1.76 bits per heavy atom. The molecule has 1 heterocycles. The number of aryl methyl sites for hydroxylation is 2. The molecule has 0 saturated carbocycles. The van der Waals surface area contributed by atoms with E-state index in [4.69, 9.17) is 4.42 Å². The summed E-state index contributed by atoms with van der Waals surface area (Å²) in [6.07, 6.45) is 0. The Hall–Kier alpha value is -2.03. The Morgan fingerprint density at radius 1 is 1.14 bits per heavy atom. The lowest BCUT2D eigenvalue weighted by Crippen LogP contribution is -2.28. The van der Waals surface area contributed by atoms with Crippen molar-refractivity contribution >= 4 is 21.1 Å². The van der Waals surface area contributed by atoms with E-state index in [0.29, 0.717) is 17.2 Å². The van der Waals surface area contributed by atoms with Gasteiger partial charge in [-0.05, 0) is 31.0 Å². The third-order valence-electron chi connectivity index (χ3n) is 2.63. The van der Waals surface area contributed by atoms with E-state index in [9.17, 15) is 26.4 Å². The minimum Gasteiger partial charge on any atom is -0.422 e. The molecule has 2 aromatic rings. The van der Waals surface area contributed by atoms with Crippen molar-refractivity contribution in [2.45, 2.75) is 19.4 Å². The predicted molar refractivity (Wildman–Crippen MR) is 67.6 cm³/mol. The zero-order chi connectivity index (χ0) is 16.0. The van der Waals surface area contributed by atoms with Crippen LogP contribution in [0.1, 0.15) is 11.1 Å². The second kappa shape index (κ2) is 4.76. The maximum Gasteiger partial charge on any atom is 0.534 e. The standard InChI is InChI=1S/C12H9F3O5S/c1-6-3-7(2)11-8(4-6)19-10(16)5-9(11)20-21(17,18)12(13,14)15/h3-5H,1-2H3. The van der Waals surface area contributed by atoms with Crippen molar-refractivity contribution in [3.05, 3.63) is 39.7 Å². The maximum absolute atomic E-state index is 12.4. The summed E-state index contributed by atoms with van der Waals surface area (Å²) in [4.78, 5) is 11.3. The fourth-order valence-corrected chi connectivity index (χ4v) is 2.34.